The number of carboxylic acids is 1. The van der Waals surface area contributed by atoms with E-state index in [1.54, 1.807) is 15.5 Å². The molecule has 22 heavy (non-hydrogen) atoms. The number of amides is 1. The average Bonchev–Trinajstić information content (AvgIpc) is 2.89. The van der Waals surface area contributed by atoms with E-state index in [1.807, 2.05) is 25.3 Å². The first-order valence-electron chi connectivity index (χ1n) is 7.11. The Hall–Kier alpha value is -2.41. The van der Waals surface area contributed by atoms with E-state index in [-0.39, 0.29) is 18.9 Å². The Morgan fingerprint density at radius 1 is 1.50 bits per heavy atom. The highest BCUT2D eigenvalue weighted by Gasteiger charge is 2.27. The van der Waals surface area contributed by atoms with Crippen molar-refractivity contribution in [3.05, 3.63) is 35.8 Å². The molecule has 0 aliphatic carbocycles. The fourth-order valence-electron chi connectivity index (χ4n) is 2.57. The number of carbonyl (C=O) groups is 2. The van der Waals surface area contributed by atoms with Crippen molar-refractivity contribution >= 4 is 17.5 Å². The quantitative estimate of drug-likeness (QED) is 0.913. The van der Waals surface area contributed by atoms with Crippen molar-refractivity contribution in [2.45, 2.75) is 19.4 Å². The van der Waals surface area contributed by atoms with Crippen LogP contribution in [-0.4, -0.2) is 57.1 Å². The van der Waals surface area contributed by atoms with Crippen LogP contribution in [0.4, 0.5) is 0 Å². The number of aryl methyl sites for hydroxylation is 1. The Morgan fingerprint density at radius 3 is 3.09 bits per heavy atom. The lowest BCUT2D eigenvalue weighted by Crippen LogP contribution is -2.46. The van der Waals surface area contributed by atoms with E-state index in [0.717, 1.165) is 11.2 Å². The first-order valence-corrected chi connectivity index (χ1v) is 7.11. The summed E-state index contributed by atoms with van der Waals surface area (Å²) >= 11 is 0. The summed E-state index contributed by atoms with van der Waals surface area (Å²) in [7, 11) is 0. The highest BCUT2D eigenvalue weighted by Crippen LogP contribution is 2.14. The van der Waals surface area contributed by atoms with Crippen LogP contribution in [0.5, 0.6) is 0 Å². The van der Waals surface area contributed by atoms with Crippen LogP contribution in [0, 0.1) is 6.92 Å². The molecule has 1 aliphatic heterocycles. The number of ether oxygens (including phenoxy) is 1. The van der Waals surface area contributed by atoms with Crippen LogP contribution >= 0.6 is 0 Å². The van der Waals surface area contributed by atoms with Gasteiger partial charge < -0.3 is 19.1 Å². The second kappa shape index (κ2) is 5.76. The number of imidazole rings is 1. The number of aromatic nitrogens is 2. The third kappa shape index (κ3) is 2.94. The molecule has 2 aromatic rings. The normalized spacial score (nSPS) is 18.6. The molecule has 116 valence electrons. The van der Waals surface area contributed by atoms with E-state index in [4.69, 9.17) is 9.84 Å². The van der Waals surface area contributed by atoms with Gasteiger partial charge in [-0.15, -0.1) is 0 Å². The summed E-state index contributed by atoms with van der Waals surface area (Å²) in [4.78, 5) is 29.2. The molecular weight excluding hydrogens is 286 g/mol. The van der Waals surface area contributed by atoms with Gasteiger partial charge in [0, 0.05) is 25.5 Å². The standard InChI is InChI=1S/C15H17N3O4/c1-10-2-3-17-9-12(16-13(17)6-10)15(21)18-4-5-22-11(8-18)7-14(19)20/h2-3,6,9,11H,4-5,7-8H2,1H3,(H,19,20). The zero-order valence-electron chi connectivity index (χ0n) is 12.2. The third-order valence-corrected chi connectivity index (χ3v) is 3.66. The van der Waals surface area contributed by atoms with Crippen molar-refractivity contribution in [1.82, 2.24) is 14.3 Å². The molecule has 2 aromatic heterocycles. The topological polar surface area (TPSA) is 84.1 Å². The lowest BCUT2D eigenvalue weighted by molar-refractivity contribution is -0.141. The minimum atomic E-state index is -0.928. The molecule has 1 N–H and O–H groups in total. The van der Waals surface area contributed by atoms with Gasteiger partial charge in [-0.25, -0.2) is 4.98 Å². The molecule has 3 rings (SSSR count). The third-order valence-electron chi connectivity index (χ3n) is 3.66. The van der Waals surface area contributed by atoms with Gasteiger partial charge in [-0.1, -0.05) is 0 Å². The molecule has 0 aromatic carbocycles. The van der Waals surface area contributed by atoms with Crippen LogP contribution in [0.15, 0.2) is 24.5 Å². The zero-order chi connectivity index (χ0) is 15.7. The summed E-state index contributed by atoms with van der Waals surface area (Å²) in [6.45, 7) is 3.03. The number of morpholine rings is 1. The van der Waals surface area contributed by atoms with E-state index in [9.17, 15) is 9.59 Å². The highest BCUT2D eigenvalue weighted by molar-refractivity contribution is 5.93. The van der Waals surface area contributed by atoms with Crippen molar-refractivity contribution in [2.24, 2.45) is 0 Å². The molecule has 1 amide bonds. The van der Waals surface area contributed by atoms with Crippen molar-refractivity contribution in [1.29, 1.82) is 0 Å². The molecule has 0 spiro atoms. The molecule has 0 bridgehead atoms. The minimum absolute atomic E-state index is 0.103. The monoisotopic (exact) mass is 303 g/mol. The fraction of sp³-hybridized carbons (Fsp3) is 0.400. The van der Waals surface area contributed by atoms with Crippen molar-refractivity contribution < 1.29 is 19.4 Å². The maximum Gasteiger partial charge on any atom is 0.306 e. The van der Waals surface area contributed by atoms with Gasteiger partial charge in [0.15, 0.2) is 0 Å². The molecule has 7 nitrogen and oxygen atoms in total. The maximum absolute atomic E-state index is 12.5. The summed E-state index contributed by atoms with van der Waals surface area (Å²) in [6.07, 6.45) is 2.99. The van der Waals surface area contributed by atoms with Gasteiger partial charge in [0.2, 0.25) is 0 Å². The number of hydrogen-bond acceptors (Lipinski definition) is 4. The van der Waals surface area contributed by atoms with Crippen molar-refractivity contribution in [3.8, 4) is 0 Å². The number of aliphatic carboxylic acids is 1. The zero-order valence-corrected chi connectivity index (χ0v) is 12.2. The molecular formula is C15H17N3O4. The lowest BCUT2D eigenvalue weighted by atomic mass is 10.2. The van der Waals surface area contributed by atoms with Gasteiger partial charge in [-0.05, 0) is 24.6 Å². The molecule has 0 saturated carbocycles. The van der Waals surface area contributed by atoms with Gasteiger partial charge in [0.25, 0.3) is 5.91 Å². The maximum atomic E-state index is 12.5. The second-order valence-electron chi connectivity index (χ2n) is 5.44. The molecule has 1 unspecified atom stereocenters. The summed E-state index contributed by atoms with van der Waals surface area (Å²) in [5.41, 5.74) is 2.16. The molecule has 3 heterocycles. The molecule has 7 heteroatoms. The Morgan fingerprint density at radius 2 is 2.32 bits per heavy atom. The SMILES string of the molecule is Cc1ccn2cc(C(=O)N3CCOC(CC(=O)O)C3)nc2c1. The van der Waals surface area contributed by atoms with Crippen LogP contribution in [0.25, 0.3) is 5.65 Å². The summed E-state index contributed by atoms with van der Waals surface area (Å²) in [5.74, 6) is -1.12. The number of pyridine rings is 1. The van der Waals surface area contributed by atoms with Crippen LogP contribution < -0.4 is 0 Å². The lowest BCUT2D eigenvalue weighted by Gasteiger charge is -2.31. The fourth-order valence-corrected chi connectivity index (χ4v) is 2.57. The first kappa shape index (κ1) is 14.5. The second-order valence-corrected chi connectivity index (χ2v) is 5.44. The van der Waals surface area contributed by atoms with Gasteiger partial charge in [0.05, 0.1) is 19.1 Å². The van der Waals surface area contributed by atoms with Gasteiger partial charge in [-0.3, -0.25) is 9.59 Å². The number of nitrogens with zero attached hydrogens (tertiary/aromatic N) is 3. The van der Waals surface area contributed by atoms with Crippen molar-refractivity contribution in [3.63, 3.8) is 0 Å². The van der Waals surface area contributed by atoms with Gasteiger partial charge in [0.1, 0.15) is 11.3 Å². The van der Waals surface area contributed by atoms with E-state index < -0.39 is 12.1 Å². The smallest absolute Gasteiger partial charge is 0.306 e. The van der Waals surface area contributed by atoms with Gasteiger partial charge >= 0.3 is 5.97 Å². The number of hydrogen-bond donors (Lipinski definition) is 1. The first-order chi connectivity index (χ1) is 10.5. The number of carboxylic acid groups (broad SMARTS) is 1. The number of fused-ring (bicyclic) bond motifs is 1. The largest absolute Gasteiger partial charge is 0.481 e. The Bertz CT molecular complexity index is 725. The molecule has 1 fully saturated rings. The molecule has 1 saturated heterocycles. The Labute approximate surface area is 127 Å². The summed E-state index contributed by atoms with van der Waals surface area (Å²) < 4.78 is 7.18. The van der Waals surface area contributed by atoms with Crippen LogP contribution in [0.1, 0.15) is 22.5 Å². The van der Waals surface area contributed by atoms with E-state index >= 15 is 0 Å². The van der Waals surface area contributed by atoms with Gasteiger partial charge in [-0.2, -0.15) is 0 Å². The molecule has 1 atom stereocenters. The van der Waals surface area contributed by atoms with Crippen LogP contribution in [-0.2, 0) is 9.53 Å². The minimum Gasteiger partial charge on any atom is -0.481 e. The highest BCUT2D eigenvalue weighted by atomic mass is 16.5. The van der Waals surface area contributed by atoms with Crippen LogP contribution in [0.2, 0.25) is 0 Å². The Kier molecular flexibility index (Phi) is 3.81. The number of carbonyl (C=O) groups excluding carboxylic acids is 1. The van der Waals surface area contributed by atoms with E-state index in [0.29, 0.717) is 18.8 Å². The summed E-state index contributed by atoms with van der Waals surface area (Å²) in [5, 5.41) is 8.83. The predicted molar refractivity (Wildman–Crippen MR) is 77.8 cm³/mol. The van der Waals surface area contributed by atoms with Crippen molar-refractivity contribution in [2.75, 3.05) is 19.7 Å². The Balaban J connectivity index is 1.78. The summed E-state index contributed by atoms with van der Waals surface area (Å²) in [6, 6.07) is 3.85. The molecule has 0 radical (unpaired) electrons. The van der Waals surface area contributed by atoms with E-state index in [1.165, 1.54) is 0 Å². The van der Waals surface area contributed by atoms with Crippen LogP contribution in [0.3, 0.4) is 0 Å². The number of rotatable bonds is 3. The molecule has 1 aliphatic rings. The predicted octanol–water partition coefficient (Wildman–Crippen LogP) is 0.958. The average molecular weight is 303 g/mol. The van der Waals surface area contributed by atoms with E-state index in [2.05, 4.69) is 4.98 Å².